The lowest BCUT2D eigenvalue weighted by atomic mass is 9.81. The van der Waals surface area contributed by atoms with Gasteiger partial charge < -0.3 is 5.32 Å². The molecule has 1 N–H and O–H groups in total. The molecule has 21 heavy (non-hydrogen) atoms. The number of hydrogen-bond acceptors (Lipinski definition) is 2. The van der Waals surface area contributed by atoms with Crippen LogP contribution >= 0.6 is 0 Å². The summed E-state index contributed by atoms with van der Waals surface area (Å²) in [5, 5.41) is 3.83. The van der Waals surface area contributed by atoms with Crippen LogP contribution in [0.15, 0.2) is 18.2 Å². The largest absolute Gasteiger partial charge is 0.310 e. The Morgan fingerprint density at radius 2 is 2.00 bits per heavy atom. The highest BCUT2D eigenvalue weighted by molar-refractivity contribution is 5.26. The summed E-state index contributed by atoms with van der Waals surface area (Å²) < 4.78 is 13.3. The van der Waals surface area contributed by atoms with Gasteiger partial charge in [-0.05, 0) is 62.5 Å². The quantitative estimate of drug-likeness (QED) is 0.894. The fourth-order valence-electron chi connectivity index (χ4n) is 4.00. The van der Waals surface area contributed by atoms with Gasteiger partial charge in [-0.15, -0.1) is 0 Å². The van der Waals surface area contributed by atoms with Crippen LogP contribution in [0.3, 0.4) is 0 Å². The van der Waals surface area contributed by atoms with E-state index < -0.39 is 0 Å². The van der Waals surface area contributed by atoms with Crippen molar-refractivity contribution in [3.05, 3.63) is 35.1 Å². The molecule has 1 aliphatic heterocycles. The first kappa shape index (κ1) is 15.0. The van der Waals surface area contributed by atoms with Crippen molar-refractivity contribution in [2.75, 3.05) is 19.6 Å². The molecule has 1 saturated heterocycles. The van der Waals surface area contributed by atoms with Gasteiger partial charge in [0.15, 0.2) is 0 Å². The number of halogens is 1. The number of hydrogen-bond donors (Lipinski definition) is 1. The van der Waals surface area contributed by atoms with Crippen LogP contribution in [-0.2, 0) is 6.54 Å². The van der Waals surface area contributed by atoms with E-state index in [-0.39, 0.29) is 5.82 Å². The van der Waals surface area contributed by atoms with Gasteiger partial charge in [0.25, 0.3) is 0 Å². The van der Waals surface area contributed by atoms with Gasteiger partial charge in [0.2, 0.25) is 0 Å². The Morgan fingerprint density at radius 1 is 1.19 bits per heavy atom. The highest BCUT2D eigenvalue weighted by atomic mass is 19.1. The number of nitrogens with zero attached hydrogens (tertiary/aromatic N) is 1. The summed E-state index contributed by atoms with van der Waals surface area (Å²) in [5.41, 5.74) is 2.68. The summed E-state index contributed by atoms with van der Waals surface area (Å²) in [7, 11) is 0. The van der Waals surface area contributed by atoms with Crippen molar-refractivity contribution in [2.24, 2.45) is 0 Å². The molecule has 0 unspecified atom stereocenters. The van der Waals surface area contributed by atoms with Crippen molar-refractivity contribution in [1.29, 1.82) is 0 Å². The zero-order valence-corrected chi connectivity index (χ0v) is 13.1. The first-order valence-electron chi connectivity index (χ1n) is 8.39. The van der Waals surface area contributed by atoms with Crippen molar-refractivity contribution in [3.63, 3.8) is 0 Å². The maximum absolute atomic E-state index is 13.3. The molecular formula is C18H27FN2. The van der Waals surface area contributed by atoms with E-state index >= 15 is 0 Å². The Morgan fingerprint density at radius 3 is 2.76 bits per heavy atom. The van der Waals surface area contributed by atoms with Gasteiger partial charge in [0, 0.05) is 18.6 Å². The van der Waals surface area contributed by atoms with E-state index in [1.165, 1.54) is 44.1 Å². The molecule has 0 radical (unpaired) electrons. The zero-order chi connectivity index (χ0) is 14.7. The molecule has 1 spiro atoms. The molecular weight excluding hydrogens is 263 g/mol. The van der Waals surface area contributed by atoms with Gasteiger partial charge in [0.1, 0.15) is 5.82 Å². The number of aryl methyl sites for hydroxylation is 1. The van der Waals surface area contributed by atoms with Crippen molar-refractivity contribution in [3.8, 4) is 0 Å². The average molecular weight is 290 g/mol. The molecule has 116 valence electrons. The molecule has 1 aliphatic carbocycles. The van der Waals surface area contributed by atoms with Crippen LogP contribution in [0.1, 0.15) is 49.7 Å². The standard InChI is InChI=1S/C18H27FN2/c1-15-12-17(19)7-6-16(15)13-21-11-5-10-20-18(14-21)8-3-2-4-9-18/h6-7,12,20H,2-5,8-11,13-14H2,1H3. The Bertz CT molecular complexity index is 480. The topological polar surface area (TPSA) is 15.3 Å². The smallest absolute Gasteiger partial charge is 0.123 e. The third kappa shape index (κ3) is 3.64. The first-order valence-corrected chi connectivity index (χ1v) is 8.39. The summed E-state index contributed by atoms with van der Waals surface area (Å²) >= 11 is 0. The van der Waals surface area contributed by atoms with Gasteiger partial charge in [0.05, 0.1) is 0 Å². The Hall–Kier alpha value is -0.930. The molecule has 1 aromatic carbocycles. The van der Waals surface area contributed by atoms with Gasteiger partial charge in [-0.3, -0.25) is 4.90 Å². The molecule has 1 saturated carbocycles. The Balaban J connectivity index is 1.71. The predicted octanol–water partition coefficient (Wildman–Crippen LogP) is 3.63. The Labute approximate surface area is 127 Å². The molecule has 2 nitrogen and oxygen atoms in total. The minimum Gasteiger partial charge on any atom is -0.310 e. The second-order valence-electron chi connectivity index (χ2n) is 6.90. The van der Waals surface area contributed by atoms with Gasteiger partial charge in [-0.25, -0.2) is 4.39 Å². The monoisotopic (exact) mass is 290 g/mol. The highest BCUT2D eigenvalue weighted by Gasteiger charge is 2.34. The summed E-state index contributed by atoms with van der Waals surface area (Å²) in [4.78, 5) is 2.57. The maximum atomic E-state index is 13.3. The number of rotatable bonds is 2. The lowest BCUT2D eigenvalue weighted by molar-refractivity contribution is 0.159. The third-order valence-electron chi connectivity index (χ3n) is 5.19. The van der Waals surface area contributed by atoms with E-state index in [9.17, 15) is 4.39 Å². The van der Waals surface area contributed by atoms with Crippen LogP contribution < -0.4 is 5.32 Å². The molecule has 2 fully saturated rings. The maximum Gasteiger partial charge on any atom is 0.123 e. The van der Waals surface area contributed by atoms with Crippen LogP contribution in [0.25, 0.3) is 0 Å². The van der Waals surface area contributed by atoms with Crippen molar-refractivity contribution in [1.82, 2.24) is 10.2 Å². The first-order chi connectivity index (χ1) is 10.2. The summed E-state index contributed by atoms with van der Waals surface area (Å²) in [6.45, 7) is 6.40. The van der Waals surface area contributed by atoms with E-state index in [1.54, 1.807) is 12.1 Å². The zero-order valence-electron chi connectivity index (χ0n) is 13.1. The van der Waals surface area contributed by atoms with Crippen molar-refractivity contribution >= 4 is 0 Å². The summed E-state index contributed by atoms with van der Waals surface area (Å²) in [5.74, 6) is -0.127. The van der Waals surface area contributed by atoms with Crippen LogP contribution in [-0.4, -0.2) is 30.1 Å². The molecule has 0 bridgehead atoms. The van der Waals surface area contributed by atoms with Crippen LogP contribution in [0.2, 0.25) is 0 Å². The minimum atomic E-state index is -0.127. The van der Waals surface area contributed by atoms with E-state index in [1.807, 2.05) is 13.0 Å². The highest BCUT2D eigenvalue weighted by Crippen LogP contribution is 2.31. The van der Waals surface area contributed by atoms with Gasteiger partial charge in [-0.2, -0.15) is 0 Å². The normalized spacial score (nSPS) is 23.1. The fraction of sp³-hybridized carbons (Fsp3) is 0.667. The number of benzene rings is 1. The molecule has 3 heteroatoms. The predicted molar refractivity (Wildman–Crippen MR) is 84.8 cm³/mol. The summed E-state index contributed by atoms with van der Waals surface area (Å²) in [6.07, 6.45) is 7.94. The lowest BCUT2D eigenvalue weighted by Crippen LogP contribution is -2.52. The van der Waals surface area contributed by atoms with E-state index in [2.05, 4.69) is 10.2 Å². The molecule has 0 amide bonds. The van der Waals surface area contributed by atoms with E-state index in [0.717, 1.165) is 31.7 Å². The average Bonchev–Trinajstić information content (AvgIpc) is 2.65. The molecule has 1 heterocycles. The molecule has 1 aromatic rings. The molecule has 0 atom stereocenters. The molecule has 0 aromatic heterocycles. The van der Waals surface area contributed by atoms with Crippen LogP contribution in [0.5, 0.6) is 0 Å². The molecule has 2 aliphatic rings. The summed E-state index contributed by atoms with van der Waals surface area (Å²) in [6, 6.07) is 5.20. The van der Waals surface area contributed by atoms with Crippen LogP contribution in [0, 0.1) is 12.7 Å². The minimum absolute atomic E-state index is 0.127. The third-order valence-corrected chi connectivity index (χ3v) is 5.19. The Kier molecular flexibility index (Phi) is 4.60. The SMILES string of the molecule is Cc1cc(F)ccc1CN1CCCNC2(CCCCC2)C1. The van der Waals surface area contributed by atoms with Crippen molar-refractivity contribution in [2.45, 2.75) is 57.5 Å². The molecule has 3 rings (SSSR count). The second-order valence-corrected chi connectivity index (χ2v) is 6.90. The van der Waals surface area contributed by atoms with E-state index in [4.69, 9.17) is 0 Å². The van der Waals surface area contributed by atoms with Gasteiger partial charge in [-0.1, -0.05) is 25.3 Å². The van der Waals surface area contributed by atoms with E-state index in [0.29, 0.717) is 5.54 Å². The number of nitrogens with one attached hydrogen (secondary N) is 1. The van der Waals surface area contributed by atoms with Crippen LogP contribution in [0.4, 0.5) is 4.39 Å². The van der Waals surface area contributed by atoms with Crippen molar-refractivity contribution < 1.29 is 4.39 Å². The van der Waals surface area contributed by atoms with Gasteiger partial charge >= 0.3 is 0 Å². The fourth-order valence-corrected chi connectivity index (χ4v) is 4.00. The lowest BCUT2D eigenvalue weighted by Gasteiger charge is -2.40. The second kappa shape index (κ2) is 6.45.